The second-order valence-corrected chi connectivity index (χ2v) is 8.95. The third-order valence-electron chi connectivity index (χ3n) is 4.79. The molecule has 0 aromatic heterocycles. The van der Waals surface area contributed by atoms with E-state index in [0.29, 0.717) is 31.8 Å². The van der Waals surface area contributed by atoms with Crippen LogP contribution >= 0.6 is 0 Å². The number of ether oxygens (including phenoxy) is 1. The zero-order chi connectivity index (χ0) is 20.1. The zero-order valence-electron chi connectivity index (χ0n) is 16.3. The van der Waals surface area contributed by atoms with Crippen molar-refractivity contribution >= 4 is 15.9 Å². The molecule has 2 aromatic carbocycles. The van der Waals surface area contributed by atoms with Gasteiger partial charge in [0.05, 0.1) is 11.4 Å². The standard InChI is InChI=1S/C21H26N2O4S/c1-16-5-10-20(17(2)15-16)27-14-11-22-21(24)18-6-8-19(9-7-18)28(25,26)23-12-3-4-13-23/h5-10,15H,3-4,11-14H2,1-2H3,(H,22,24). The Bertz CT molecular complexity index is 933. The molecule has 1 heterocycles. The summed E-state index contributed by atoms with van der Waals surface area (Å²) in [6.45, 7) is 5.85. The van der Waals surface area contributed by atoms with Crippen LogP contribution in [0.4, 0.5) is 0 Å². The first kappa shape index (κ1) is 20.4. The number of aryl methyl sites for hydroxylation is 2. The highest BCUT2D eigenvalue weighted by atomic mass is 32.2. The molecular weight excluding hydrogens is 376 g/mol. The molecule has 1 aliphatic rings. The Hall–Kier alpha value is -2.38. The van der Waals surface area contributed by atoms with Gasteiger partial charge in [0.1, 0.15) is 12.4 Å². The molecule has 28 heavy (non-hydrogen) atoms. The SMILES string of the molecule is Cc1ccc(OCCNC(=O)c2ccc(S(=O)(=O)N3CCCC3)cc2)c(C)c1. The summed E-state index contributed by atoms with van der Waals surface area (Å²) in [4.78, 5) is 12.5. The van der Waals surface area contributed by atoms with Crippen molar-refractivity contribution in [2.24, 2.45) is 0 Å². The first-order valence-electron chi connectivity index (χ1n) is 9.46. The summed E-state index contributed by atoms with van der Waals surface area (Å²) in [7, 11) is -3.46. The maximum Gasteiger partial charge on any atom is 0.251 e. The molecule has 150 valence electrons. The Kier molecular flexibility index (Phi) is 6.36. The van der Waals surface area contributed by atoms with Crippen LogP contribution in [-0.2, 0) is 10.0 Å². The van der Waals surface area contributed by atoms with Crippen molar-refractivity contribution < 1.29 is 17.9 Å². The van der Waals surface area contributed by atoms with E-state index in [1.165, 1.54) is 22.0 Å². The molecule has 0 spiro atoms. The van der Waals surface area contributed by atoms with Gasteiger partial charge in [0.15, 0.2) is 0 Å². The third-order valence-corrected chi connectivity index (χ3v) is 6.71. The van der Waals surface area contributed by atoms with Gasteiger partial charge in [-0.25, -0.2) is 8.42 Å². The predicted molar refractivity (Wildman–Crippen MR) is 108 cm³/mol. The quantitative estimate of drug-likeness (QED) is 0.723. The van der Waals surface area contributed by atoms with E-state index in [0.717, 1.165) is 24.2 Å². The van der Waals surface area contributed by atoms with Crippen LogP contribution in [0.25, 0.3) is 0 Å². The van der Waals surface area contributed by atoms with E-state index in [1.54, 1.807) is 12.1 Å². The van der Waals surface area contributed by atoms with Gasteiger partial charge < -0.3 is 10.1 Å². The van der Waals surface area contributed by atoms with Crippen molar-refractivity contribution in [2.45, 2.75) is 31.6 Å². The first-order chi connectivity index (χ1) is 13.4. The van der Waals surface area contributed by atoms with Crippen LogP contribution < -0.4 is 10.1 Å². The highest BCUT2D eigenvalue weighted by Gasteiger charge is 2.27. The first-order valence-corrected chi connectivity index (χ1v) is 10.9. The molecule has 1 saturated heterocycles. The molecule has 0 atom stereocenters. The van der Waals surface area contributed by atoms with Crippen molar-refractivity contribution in [3.05, 3.63) is 59.2 Å². The van der Waals surface area contributed by atoms with Crippen molar-refractivity contribution in [2.75, 3.05) is 26.2 Å². The summed E-state index contributed by atoms with van der Waals surface area (Å²) < 4.78 is 32.2. The number of amides is 1. The summed E-state index contributed by atoms with van der Waals surface area (Å²) >= 11 is 0. The lowest BCUT2D eigenvalue weighted by Gasteiger charge is -2.15. The van der Waals surface area contributed by atoms with E-state index in [-0.39, 0.29) is 10.8 Å². The molecule has 1 aliphatic heterocycles. The molecule has 6 nitrogen and oxygen atoms in total. The van der Waals surface area contributed by atoms with E-state index in [2.05, 4.69) is 5.32 Å². The average molecular weight is 403 g/mol. The molecular formula is C21H26N2O4S. The van der Waals surface area contributed by atoms with E-state index in [9.17, 15) is 13.2 Å². The second-order valence-electron chi connectivity index (χ2n) is 7.01. The van der Waals surface area contributed by atoms with Gasteiger partial charge in [-0.2, -0.15) is 4.31 Å². The van der Waals surface area contributed by atoms with E-state index in [4.69, 9.17) is 4.74 Å². The molecule has 2 aromatic rings. The Morgan fingerprint density at radius 2 is 1.75 bits per heavy atom. The number of rotatable bonds is 7. The van der Waals surface area contributed by atoms with Crippen molar-refractivity contribution in [1.29, 1.82) is 0 Å². The van der Waals surface area contributed by atoms with Gasteiger partial charge in [-0.05, 0) is 62.6 Å². The second kappa shape index (κ2) is 8.75. The molecule has 1 amide bonds. The average Bonchev–Trinajstić information content (AvgIpc) is 3.22. The Labute approximate surface area is 166 Å². The van der Waals surface area contributed by atoms with Gasteiger partial charge in [-0.15, -0.1) is 0 Å². The van der Waals surface area contributed by atoms with E-state index >= 15 is 0 Å². The number of nitrogens with zero attached hydrogens (tertiary/aromatic N) is 1. The fourth-order valence-corrected chi connectivity index (χ4v) is 4.76. The predicted octanol–water partition coefficient (Wildman–Crippen LogP) is 2.90. The Morgan fingerprint density at radius 1 is 1.07 bits per heavy atom. The van der Waals surface area contributed by atoms with Crippen LogP contribution in [0.3, 0.4) is 0 Å². The number of sulfonamides is 1. The summed E-state index contributed by atoms with van der Waals surface area (Å²) in [6.07, 6.45) is 1.79. The summed E-state index contributed by atoms with van der Waals surface area (Å²) in [5.41, 5.74) is 2.65. The van der Waals surface area contributed by atoms with Crippen molar-refractivity contribution in [3.8, 4) is 5.75 Å². The van der Waals surface area contributed by atoms with Crippen molar-refractivity contribution in [1.82, 2.24) is 9.62 Å². The molecule has 0 radical (unpaired) electrons. The number of nitrogens with one attached hydrogen (secondary N) is 1. The number of hydrogen-bond donors (Lipinski definition) is 1. The highest BCUT2D eigenvalue weighted by molar-refractivity contribution is 7.89. The van der Waals surface area contributed by atoms with Crippen molar-refractivity contribution in [3.63, 3.8) is 0 Å². The molecule has 0 aliphatic carbocycles. The minimum absolute atomic E-state index is 0.226. The fraction of sp³-hybridized carbons (Fsp3) is 0.381. The van der Waals surface area contributed by atoms with Gasteiger partial charge in [0, 0.05) is 18.7 Å². The highest BCUT2D eigenvalue weighted by Crippen LogP contribution is 2.21. The third kappa shape index (κ3) is 4.72. The fourth-order valence-electron chi connectivity index (χ4n) is 3.24. The maximum atomic E-state index is 12.5. The van der Waals surface area contributed by atoms with Gasteiger partial charge >= 0.3 is 0 Å². The van der Waals surface area contributed by atoms with E-state index < -0.39 is 10.0 Å². The lowest BCUT2D eigenvalue weighted by molar-refractivity contribution is 0.0947. The number of hydrogen-bond acceptors (Lipinski definition) is 4. The summed E-state index contributed by atoms with van der Waals surface area (Å²) in [6, 6.07) is 12.0. The number of carbonyl (C=O) groups excluding carboxylic acids is 1. The summed E-state index contributed by atoms with van der Waals surface area (Å²) in [5, 5.41) is 2.79. The van der Waals surface area contributed by atoms with Crippen LogP contribution in [-0.4, -0.2) is 44.9 Å². The molecule has 1 fully saturated rings. The molecule has 0 bridgehead atoms. The summed E-state index contributed by atoms with van der Waals surface area (Å²) in [5.74, 6) is 0.547. The Balaban J connectivity index is 1.52. The lowest BCUT2D eigenvalue weighted by atomic mass is 10.1. The monoisotopic (exact) mass is 402 g/mol. The molecule has 3 rings (SSSR count). The molecule has 0 unspecified atom stereocenters. The largest absolute Gasteiger partial charge is 0.491 e. The van der Waals surface area contributed by atoms with Crippen LogP contribution in [0, 0.1) is 13.8 Å². The topological polar surface area (TPSA) is 75.7 Å². The van der Waals surface area contributed by atoms with Gasteiger partial charge in [0.25, 0.3) is 5.91 Å². The molecule has 0 saturated carbocycles. The van der Waals surface area contributed by atoms with Crippen LogP contribution in [0.2, 0.25) is 0 Å². The minimum atomic E-state index is -3.46. The normalized spacial score (nSPS) is 14.8. The zero-order valence-corrected chi connectivity index (χ0v) is 17.1. The Morgan fingerprint density at radius 3 is 2.39 bits per heavy atom. The van der Waals surface area contributed by atoms with Crippen LogP contribution in [0.5, 0.6) is 5.75 Å². The molecule has 1 N–H and O–H groups in total. The van der Waals surface area contributed by atoms with E-state index in [1.807, 2.05) is 32.0 Å². The molecule has 7 heteroatoms. The van der Waals surface area contributed by atoms with Crippen LogP contribution in [0.15, 0.2) is 47.4 Å². The smallest absolute Gasteiger partial charge is 0.251 e. The minimum Gasteiger partial charge on any atom is -0.491 e. The maximum absolute atomic E-state index is 12.5. The number of carbonyl (C=O) groups is 1. The van der Waals surface area contributed by atoms with Gasteiger partial charge in [-0.1, -0.05) is 17.7 Å². The van der Waals surface area contributed by atoms with Crippen LogP contribution in [0.1, 0.15) is 34.3 Å². The lowest BCUT2D eigenvalue weighted by Crippen LogP contribution is -2.29. The van der Waals surface area contributed by atoms with Gasteiger partial charge in [-0.3, -0.25) is 4.79 Å². The van der Waals surface area contributed by atoms with Gasteiger partial charge in [0.2, 0.25) is 10.0 Å². The number of benzene rings is 2.